The van der Waals surface area contributed by atoms with Crippen LogP contribution < -0.4 is 4.74 Å². The quantitative estimate of drug-likeness (QED) is 0.907. The Morgan fingerprint density at radius 2 is 2.00 bits per heavy atom. The SMILES string of the molecule is [2H]c1c([2H])c(C(CN(C([2H])([2H])[2H])C([2H])([2H])[2H])C2(O)C([2H])([2H])C([2H])([2H])C([2H])([2H])C([2H])([2H])C2([2H])[2H])c([2H])c([2H])c1OC. The normalized spacial score (nSPS) is 48.4. The van der Waals surface area contributed by atoms with Crippen LogP contribution in [0.5, 0.6) is 5.75 Å². The van der Waals surface area contributed by atoms with Gasteiger partial charge in [0.25, 0.3) is 0 Å². The largest absolute Gasteiger partial charge is 0.497 e. The van der Waals surface area contributed by atoms with Crippen LogP contribution in [0.15, 0.2) is 24.2 Å². The Morgan fingerprint density at radius 3 is 2.55 bits per heavy atom. The topological polar surface area (TPSA) is 32.7 Å². The third-order valence-corrected chi connectivity index (χ3v) is 2.67. The van der Waals surface area contributed by atoms with Crippen molar-refractivity contribution < 1.29 is 37.3 Å². The lowest BCUT2D eigenvalue weighted by molar-refractivity contribution is -0.0277. The van der Waals surface area contributed by atoms with Gasteiger partial charge in [-0.3, -0.25) is 0 Å². The first-order chi connectivity index (χ1) is 17.4. The molecule has 1 unspecified atom stereocenters. The standard InChI is InChI=1S/C17H27NO2/c1-18(2)13-16(17(19)11-5-4-6-12-17)14-7-9-15(20-3)10-8-14/h7-10,16,19H,4-6,11-13H2,1-3H3/i1D3,2D3,4D2,5D2,6D2,7D,8D,9D,10D,11D2,12D2. The molecule has 3 nitrogen and oxygen atoms in total. The van der Waals surface area contributed by atoms with Gasteiger partial charge in [0.05, 0.1) is 18.2 Å². The molecule has 0 aliphatic heterocycles. The summed E-state index contributed by atoms with van der Waals surface area (Å²) in [5.41, 5.74) is -5.45. The van der Waals surface area contributed by atoms with E-state index in [2.05, 4.69) is 0 Å². The van der Waals surface area contributed by atoms with Crippen molar-refractivity contribution in [3.05, 3.63) is 29.7 Å². The van der Waals surface area contributed by atoms with Crippen molar-refractivity contribution in [2.75, 3.05) is 27.6 Å². The van der Waals surface area contributed by atoms with Crippen LogP contribution in [0.3, 0.4) is 0 Å². The van der Waals surface area contributed by atoms with E-state index in [0.29, 0.717) is 0 Å². The van der Waals surface area contributed by atoms with Gasteiger partial charge in [-0.25, -0.2) is 0 Å². The number of nitrogens with zero attached hydrogens (tertiary/aromatic N) is 1. The summed E-state index contributed by atoms with van der Waals surface area (Å²) in [5, 5.41) is 12.0. The lowest BCUT2D eigenvalue weighted by atomic mass is 9.72. The molecule has 1 N–H and O–H groups in total. The lowest BCUT2D eigenvalue weighted by Gasteiger charge is -2.40. The minimum Gasteiger partial charge on any atom is -0.497 e. The molecule has 0 bridgehead atoms. The summed E-state index contributed by atoms with van der Waals surface area (Å²) in [6.07, 6.45) is -20.7. The summed E-state index contributed by atoms with van der Waals surface area (Å²) >= 11 is 0. The van der Waals surface area contributed by atoms with Gasteiger partial charge in [0.1, 0.15) is 5.75 Å². The maximum atomic E-state index is 12.0. The van der Waals surface area contributed by atoms with Crippen molar-refractivity contribution in [2.45, 2.75) is 43.4 Å². The molecule has 0 aromatic heterocycles. The minimum atomic E-state index is -4.27. The molecule has 1 aromatic carbocycles. The van der Waals surface area contributed by atoms with Crippen molar-refractivity contribution in [2.24, 2.45) is 0 Å². The molecular weight excluding hydrogens is 250 g/mol. The predicted molar refractivity (Wildman–Crippen MR) is 82.3 cm³/mol. The highest BCUT2D eigenvalue weighted by atomic mass is 16.5. The maximum absolute atomic E-state index is 12.0. The fourth-order valence-corrected chi connectivity index (χ4v) is 1.69. The number of likely N-dealkylation sites (N-methyl/N-ethyl adjacent to an activating group) is 1. The molecule has 0 amide bonds. The van der Waals surface area contributed by atoms with Crippen LogP contribution in [0, 0.1) is 0 Å². The van der Waals surface area contributed by atoms with E-state index in [4.69, 9.17) is 32.2 Å². The first kappa shape index (κ1) is 3.82. The summed E-state index contributed by atoms with van der Waals surface area (Å²) < 4.78 is 167. The summed E-state index contributed by atoms with van der Waals surface area (Å²) in [7, 11) is 0.962. The van der Waals surface area contributed by atoms with E-state index in [9.17, 15) is 5.11 Å². The van der Waals surface area contributed by atoms with Crippen molar-refractivity contribution in [1.82, 2.24) is 4.90 Å². The molecule has 1 saturated carbocycles. The molecule has 3 heteroatoms. The van der Waals surface area contributed by atoms with Crippen molar-refractivity contribution >= 4 is 0 Å². The Labute approximate surface area is 150 Å². The highest BCUT2D eigenvalue weighted by molar-refractivity contribution is 5.31. The number of benzene rings is 1. The maximum Gasteiger partial charge on any atom is 0.118 e. The average molecular weight is 298 g/mol. The second-order valence-corrected chi connectivity index (χ2v) is 4.00. The summed E-state index contributed by atoms with van der Waals surface area (Å²) in [5.74, 6) is -3.55. The molecule has 1 aliphatic carbocycles. The van der Waals surface area contributed by atoms with E-state index in [1.54, 1.807) is 0 Å². The molecule has 0 radical (unpaired) electrons. The van der Waals surface area contributed by atoms with Crippen molar-refractivity contribution in [3.8, 4) is 5.75 Å². The molecule has 1 fully saturated rings. The lowest BCUT2D eigenvalue weighted by Crippen LogP contribution is -2.42. The number of ether oxygens (including phenoxy) is 1. The molecule has 20 heavy (non-hydrogen) atoms. The third kappa shape index (κ3) is 3.53. The first-order valence-corrected chi connectivity index (χ1v) is 5.59. The van der Waals surface area contributed by atoms with Gasteiger partial charge in [-0.05, 0) is 44.3 Å². The number of rotatable bonds is 5. The third-order valence-electron chi connectivity index (χ3n) is 2.67. The molecular formula is C17H27NO2. The number of hydrogen-bond donors (Lipinski definition) is 1. The Hall–Kier alpha value is -1.06. The number of hydrogen-bond acceptors (Lipinski definition) is 3. The van der Waals surface area contributed by atoms with Gasteiger partial charge in [0.15, 0.2) is 0 Å². The molecule has 1 atom stereocenters. The Morgan fingerprint density at radius 1 is 1.35 bits per heavy atom. The van der Waals surface area contributed by atoms with Gasteiger partial charge in [0.2, 0.25) is 0 Å². The highest BCUT2D eigenvalue weighted by Crippen LogP contribution is 2.40. The van der Waals surface area contributed by atoms with E-state index >= 15 is 0 Å². The second-order valence-electron chi connectivity index (χ2n) is 4.00. The van der Waals surface area contributed by atoms with E-state index in [1.807, 2.05) is 0 Å². The van der Waals surface area contributed by atoms with Gasteiger partial charge in [0, 0.05) is 34.4 Å². The smallest absolute Gasteiger partial charge is 0.118 e. The second kappa shape index (κ2) is 6.59. The van der Waals surface area contributed by atoms with Crippen LogP contribution in [0.2, 0.25) is 0 Å². The summed E-state index contributed by atoms with van der Waals surface area (Å²) in [6, 6.07) is -4.37. The van der Waals surface area contributed by atoms with Gasteiger partial charge in [-0.15, -0.1) is 0 Å². The molecule has 0 spiro atoms. The molecule has 112 valence electrons. The summed E-state index contributed by atoms with van der Waals surface area (Å²) in [4.78, 5) is -0.334. The summed E-state index contributed by atoms with van der Waals surface area (Å²) in [6.45, 7) is -8.95. The van der Waals surface area contributed by atoms with Gasteiger partial charge in [-0.1, -0.05) is 31.2 Å². The molecule has 0 saturated heterocycles. The molecule has 1 aliphatic rings. The zero-order valence-electron chi connectivity index (χ0n) is 30.6. The fourth-order valence-electron chi connectivity index (χ4n) is 1.69. The van der Waals surface area contributed by atoms with E-state index in [-0.39, 0.29) is 4.90 Å². The number of aliphatic hydroxyl groups is 1. The van der Waals surface area contributed by atoms with Crippen LogP contribution in [0.25, 0.3) is 0 Å². The van der Waals surface area contributed by atoms with Gasteiger partial charge < -0.3 is 14.7 Å². The zero-order chi connectivity index (χ0) is 32.0. The van der Waals surface area contributed by atoms with E-state index in [0.717, 1.165) is 7.11 Å². The fraction of sp³-hybridized carbons (Fsp3) is 0.647. The van der Waals surface area contributed by atoms with E-state index in [1.165, 1.54) is 0 Å². The van der Waals surface area contributed by atoms with E-state index < -0.39 is 99.4 Å². The molecule has 1 aromatic rings. The van der Waals surface area contributed by atoms with Crippen molar-refractivity contribution in [3.63, 3.8) is 0 Å². The van der Waals surface area contributed by atoms with Crippen LogP contribution in [0.1, 0.15) is 70.8 Å². The Kier molecular flexibility index (Phi) is 1.26. The highest BCUT2D eigenvalue weighted by Gasteiger charge is 2.38. The zero-order valence-corrected chi connectivity index (χ0v) is 10.6. The predicted octanol–water partition coefficient (Wildman–Crippen LogP) is 3.04. The minimum absolute atomic E-state index is 0.334. The van der Waals surface area contributed by atoms with Gasteiger partial charge >= 0.3 is 0 Å². The van der Waals surface area contributed by atoms with Crippen LogP contribution in [0.4, 0.5) is 0 Å². The first-order valence-electron chi connectivity index (χ1n) is 15.6. The monoisotopic (exact) mass is 297 g/mol. The average Bonchev–Trinajstić information content (AvgIpc) is 2.76. The van der Waals surface area contributed by atoms with Crippen LogP contribution >= 0.6 is 0 Å². The molecule has 2 rings (SSSR count). The van der Waals surface area contributed by atoms with Crippen LogP contribution in [-0.4, -0.2) is 43.2 Å². The Balaban J connectivity index is 3.24. The van der Waals surface area contributed by atoms with Gasteiger partial charge in [-0.2, -0.15) is 0 Å². The Bertz CT molecular complexity index is 1080. The molecule has 0 heterocycles. The van der Waals surface area contributed by atoms with Crippen LogP contribution in [-0.2, 0) is 0 Å². The van der Waals surface area contributed by atoms with Crippen molar-refractivity contribution in [1.29, 1.82) is 0 Å². The number of methoxy groups -OCH3 is 1.